The first-order valence-electron chi connectivity index (χ1n) is 4.84. The highest BCUT2D eigenvalue weighted by atomic mass is 16.1. The van der Waals surface area contributed by atoms with E-state index >= 15 is 0 Å². The Labute approximate surface area is 90.6 Å². The lowest BCUT2D eigenvalue weighted by Gasteiger charge is -1.88. The van der Waals surface area contributed by atoms with E-state index in [1.807, 2.05) is 0 Å². The van der Waals surface area contributed by atoms with E-state index in [1.54, 1.807) is 43.0 Å². The van der Waals surface area contributed by atoms with Crippen LogP contribution < -0.4 is 5.43 Å². The van der Waals surface area contributed by atoms with E-state index in [4.69, 9.17) is 0 Å². The molecule has 3 heterocycles. The normalized spacial score (nSPS) is 10.8. The summed E-state index contributed by atoms with van der Waals surface area (Å²) in [6, 6.07) is 5.22. The van der Waals surface area contributed by atoms with E-state index < -0.39 is 0 Å². The third kappa shape index (κ3) is 1.24. The van der Waals surface area contributed by atoms with Gasteiger partial charge in [-0.2, -0.15) is 0 Å². The minimum Gasteiger partial charge on any atom is -0.288 e. The molecule has 4 heteroatoms. The minimum absolute atomic E-state index is 0.0799. The highest BCUT2D eigenvalue weighted by Gasteiger charge is 2.02. The molecule has 3 aromatic rings. The Hall–Kier alpha value is -2.36. The zero-order valence-corrected chi connectivity index (χ0v) is 8.29. The van der Waals surface area contributed by atoms with Crippen molar-refractivity contribution >= 4 is 21.8 Å². The molecule has 3 aromatic heterocycles. The number of hydrogen-bond acceptors (Lipinski definition) is 4. The van der Waals surface area contributed by atoms with Crippen LogP contribution in [0, 0.1) is 0 Å². The van der Waals surface area contributed by atoms with Crippen LogP contribution in [-0.2, 0) is 0 Å². The standard InChI is InChI=1S/C12H7N3O/c16-11-9-2-1-4-14-12(9)15-6-8-3-5-13-7-10(8)11/h1-7H. The summed E-state index contributed by atoms with van der Waals surface area (Å²) in [6.45, 7) is 0. The second-order valence-corrected chi connectivity index (χ2v) is 3.42. The molecule has 0 aliphatic rings. The van der Waals surface area contributed by atoms with Crippen molar-refractivity contribution in [3.05, 3.63) is 53.2 Å². The molecule has 0 aliphatic heterocycles. The molecule has 0 aromatic carbocycles. The lowest BCUT2D eigenvalue weighted by Crippen LogP contribution is -1.99. The SMILES string of the molecule is O=c1c2cnccc2cnc2ncccc12. The number of nitrogens with zero attached hydrogens (tertiary/aromatic N) is 3. The molecular formula is C12H7N3O. The molecule has 0 spiro atoms. The Bertz CT molecular complexity index is 678. The number of pyridine rings is 2. The van der Waals surface area contributed by atoms with Gasteiger partial charge in [0.2, 0.25) is 0 Å². The fraction of sp³-hybridized carbons (Fsp3) is 0. The van der Waals surface area contributed by atoms with Crippen molar-refractivity contribution in [1.82, 2.24) is 15.0 Å². The molecule has 4 nitrogen and oxygen atoms in total. The summed E-state index contributed by atoms with van der Waals surface area (Å²) in [4.78, 5) is 24.4. The van der Waals surface area contributed by atoms with Crippen LogP contribution in [-0.4, -0.2) is 15.0 Å². The maximum Gasteiger partial charge on any atom is 0.199 e. The van der Waals surface area contributed by atoms with Gasteiger partial charge in [0.05, 0.1) is 5.39 Å². The maximum absolute atomic E-state index is 12.2. The largest absolute Gasteiger partial charge is 0.288 e. The van der Waals surface area contributed by atoms with E-state index in [9.17, 15) is 4.79 Å². The maximum atomic E-state index is 12.2. The molecule has 0 saturated heterocycles. The predicted octanol–water partition coefficient (Wildman–Crippen LogP) is 1.54. The number of rotatable bonds is 0. The lowest BCUT2D eigenvalue weighted by molar-refractivity contribution is 1.31. The molecule has 0 atom stereocenters. The topological polar surface area (TPSA) is 55.7 Å². The molecule has 0 amide bonds. The van der Waals surface area contributed by atoms with Gasteiger partial charge >= 0.3 is 0 Å². The first kappa shape index (κ1) is 8.91. The summed E-state index contributed by atoms with van der Waals surface area (Å²) in [7, 11) is 0. The summed E-state index contributed by atoms with van der Waals surface area (Å²) in [5.41, 5.74) is 0.382. The van der Waals surface area contributed by atoms with Crippen molar-refractivity contribution in [1.29, 1.82) is 0 Å². The molecule has 0 saturated carbocycles. The van der Waals surface area contributed by atoms with Crippen LogP contribution in [0.4, 0.5) is 0 Å². The zero-order valence-electron chi connectivity index (χ0n) is 8.29. The molecule has 0 fully saturated rings. The summed E-state index contributed by atoms with van der Waals surface area (Å²) in [5, 5.41) is 1.86. The average molecular weight is 209 g/mol. The van der Waals surface area contributed by atoms with Gasteiger partial charge in [-0.05, 0) is 18.2 Å². The van der Waals surface area contributed by atoms with E-state index in [-0.39, 0.29) is 5.43 Å². The van der Waals surface area contributed by atoms with Crippen LogP contribution in [0.3, 0.4) is 0 Å². The van der Waals surface area contributed by atoms with Crippen LogP contribution in [0.15, 0.2) is 47.8 Å². The van der Waals surface area contributed by atoms with Crippen LogP contribution in [0.25, 0.3) is 21.8 Å². The van der Waals surface area contributed by atoms with Crippen LogP contribution in [0.5, 0.6) is 0 Å². The first-order valence-corrected chi connectivity index (χ1v) is 4.84. The van der Waals surface area contributed by atoms with E-state index in [2.05, 4.69) is 15.0 Å². The van der Waals surface area contributed by atoms with Gasteiger partial charge in [-0.3, -0.25) is 9.78 Å². The molecule has 0 radical (unpaired) electrons. The first-order chi connectivity index (χ1) is 7.86. The molecule has 0 N–H and O–H groups in total. The van der Waals surface area contributed by atoms with Gasteiger partial charge in [-0.1, -0.05) is 0 Å². The van der Waals surface area contributed by atoms with Crippen molar-refractivity contribution in [2.24, 2.45) is 0 Å². The summed E-state index contributed by atoms with van der Waals surface area (Å²) < 4.78 is 0. The number of hydrogen-bond donors (Lipinski definition) is 0. The Morgan fingerprint density at radius 3 is 2.81 bits per heavy atom. The smallest absolute Gasteiger partial charge is 0.199 e. The summed E-state index contributed by atoms with van der Waals surface area (Å²) in [5.74, 6) is 0. The Balaban J connectivity index is 2.69. The van der Waals surface area contributed by atoms with Gasteiger partial charge < -0.3 is 0 Å². The van der Waals surface area contributed by atoms with Crippen molar-refractivity contribution in [2.75, 3.05) is 0 Å². The fourth-order valence-corrected chi connectivity index (χ4v) is 1.66. The van der Waals surface area contributed by atoms with Crippen LogP contribution in [0.1, 0.15) is 0 Å². The van der Waals surface area contributed by atoms with Crippen molar-refractivity contribution in [3.8, 4) is 0 Å². The summed E-state index contributed by atoms with van der Waals surface area (Å²) >= 11 is 0. The quantitative estimate of drug-likeness (QED) is 0.563. The monoisotopic (exact) mass is 209 g/mol. The van der Waals surface area contributed by atoms with Crippen LogP contribution in [0.2, 0.25) is 0 Å². The van der Waals surface area contributed by atoms with Crippen molar-refractivity contribution < 1.29 is 0 Å². The second-order valence-electron chi connectivity index (χ2n) is 3.42. The van der Waals surface area contributed by atoms with E-state index in [1.165, 1.54) is 0 Å². The highest BCUT2D eigenvalue weighted by Crippen LogP contribution is 2.09. The van der Waals surface area contributed by atoms with Gasteiger partial charge in [0, 0.05) is 35.6 Å². The molecule has 0 bridgehead atoms. The van der Waals surface area contributed by atoms with Gasteiger partial charge in [0.15, 0.2) is 11.1 Å². The number of aromatic nitrogens is 3. The van der Waals surface area contributed by atoms with Gasteiger partial charge in [0.1, 0.15) is 0 Å². The third-order valence-electron chi connectivity index (χ3n) is 2.46. The molecule has 16 heavy (non-hydrogen) atoms. The molecular weight excluding hydrogens is 202 g/mol. The van der Waals surface area contributed by atoms with Gasteiger partial charge in [-0.15, -0.1) is 0 Å². The van der Waals surface area contributed by atoms with Crippen molar-refractivity contribution in [2.45, 2.75) is 0 Å². The van der Waals surface area contributed by atoms with Gasteiger partial charge in [0.25, 0.3) is 0 Å². The van der Waals surface area contributed by atoms with E-state index in [0.29, 0.717) is 16.4 Å². The molecule has 3 rings (SSSR count). The highest BCUT2D eigenvalue weighted by molar-refractivity contribution is 5.88. The van der Waals surface area contributed by atoms with Crippen LogP contribution >= 0.6 is 0 Å². The fourth-order valence-electron chi connectivity index (χ4n) is 1.66. The minimum atomic E-state index is -0.0799. The number of fused-ring (bicyclic) bond motifs is 2. The predicted molar refractivity (Wildman–Crippen MR) is 61.1 cm³/mol. The third-order valence-corrected chi connectivity index (χ3v) is 2.46. The second kappa shape index (κ2) is 3.34. The molecule has 0 aliphatic carbocycles. The Morgan fingerprint density at radius 2 is 1.88 bits per heavy atom. The van der Waals surface area contributed by atoms with E-state index in [0.717, 1.165) is 5.39 Å². The zero-order chi connectivity index (χ0) is 11.0. The van der Waals surface area contributed by atoms with Crippen molar-refractivity contribution in [3.63, 3.8) is 0 Å². The van der Waals surface area contributed by atoms with Gasteiger partial charge in [-0.25, -0.2) is 9.97 Å². The average Bonchev–Trinajstić information content (AvgIpc) is 2.49. The molecule has 76 valence electrons. The molecule has 0 unspecified atom stereocenters. The summed E-state index contributed by atoms with van der Waals surface area (Å²) in [6.07, 6.45) is 6.47. The Morgan fingerprint density at radius 1 is 0.938 bits per heavy atom. The Kier molecular flexibility index (Phi) is 1.86. The lowest BCUT2D eigenvalue weighted by atomic mass is 10.2.